The fourth-order valence-corrected chi connectivity index (χ4v) is 3.86. The van der Waals surface area contributed by atoms with Crippen LogP contribution in [0.1, 0.15) is 12.8 Å². The number of fused-ring (bicyclic) bond motifs is 3. The van der Waals surface area contributed by atoms with Crippen LogP contribution in [-0.2, 0) is 0 Å². The van der Waals surface area contributed by atoms with Gasteiger partial charge < -0.3 is 5.32 Å². The molecule has 0 spiro atoms. The molecule has 1 aliphatic rings. The van der Waals surface area contributed by atoms with Crippen molar-refractivity contribution in [2.45, 2.75) is 18.9 Å². The molecule has 7 heteroatoms. The Bertz CT molecular complexity index is 1110. The van der Waals surface area contributed by atoms with Crippen molar-refractivity contribution in [3.05, 3.63) is 53.5 Å². The largest absolute Gasteiger partial charge is 0.382 e. The molecular weight excluding hydrogens is 322 g/mol. The zero-order valence-electron chi connectivity index (χ0n) is 12.6. The SMILES string of the molecule is O=c1c2sc3nccc(NC4CC4)c3c2ncn1-c1ccncc1. The molecule has 4 aromatic rings. The third-order valence-electron chi connectivity index (χ3n) is 4.16. The average Bonchev–Trinajstić information content (AvgIpc) is 3.34. The van der Waals surface area contributed by atoms with E-state index in [4.69, 9.17) is 0 Å². The summed E-state index contributed by atoms with van der Waals surface area (Å²) in [7, 11) is 0. The van der Waals surface area contributed by atoms with Crippen LogP contribution in [0.4, 0.5) is 5.69 Å². The summed E-state index contributed by atoms with van der Waals surface area (Å²) >= 11 is 1.40. The van der Waals surface area contributed by atoms with Gasteiger partial charge in [0.1, 0.15) is 15.9 Å². The van der Waals surface area contributed by atoms with Crippen LogP contribution in [0.15, 0.2) is 47.9 Å². The van der Waals surface area contributed by atoms with Gasteiger partial charge in [0.2, 0.25) is 0 Å². The molecule has 0 amide bonds. The molecular formula is C17H13N5OS. The number of hydrogen-bond acceptors (Lipinski definition) is 6. The Morgan fingerprint density at radius 1 is 1.12 bits per heavy atom. The second-order valence-electron chi connectivity index (χ2n) is 5.86. The molecule has 4 heterocycles. The first-order valence-corrected chi connectivity index (χ1v) is 8.59. The number of hydrogen-bond donors (Lipinski definition) is 1. The van der Waals surface area contributed by atoms with Gasteiger partial charge in [0, 0.05) is 30.3 Å². The van der Waals surface area contributed by atoms with E-state index in [2.05, 4.69) is 20.3 Å². The molecule has 24 heavy (non-hydrogen) atoms. The van der Waals surface area contributed by atoms with Gasteiger partial charge in [0.05, 0.1) is 16.6 Å². The van der Waals surface area contributed by atoms with E-state index in [1.165, 1.54) is 24.2 Å². The lowest BCUT2D eigenvalue weighted by Crippen LogP contribution is -2.17. The van der Waals surface area contributed by atoms with Gasteiger partial charge in [-0.15, -0.1) is 11.3 Å². The van der Waals surface area contributed by atoms with Crippen LogP contribution in [0.2, 0.25) is 0 Å². The zero-order valence-corrected chi connectivity index (χ0v) is 13.5. The van der Waals surface area contributed by atoms with Crippen molar-refractivity contribution in [3.8, 4) is 5.69 Å². The molecule has 0 aliphatic heterocycles. The number of pyridine rings is 2. The quantitative estimate of drug-likeness (QED) is 0.623. The van der Waals surface area contributed by atoms with Crippen LogP contribution in [0.25, 0.3) is 26.1 Å². The van der Waals surface area contributed by atoms with E-state index in [0.717, 1.165) is 27.1 Å². The number of thiophene rings is 1. The van der Waals surface area contributed by atoms with Gasteiger partial charge in [-0.2, -0.15) is 0 Å². The monoisotopic (exact) mass is 335 g/mol. The van der Waals surface area contributed by atoms with E-state index in [9.17, 15) is 4.79 Å². The van der Waals surface area contributed by atoms with Crippen molar-refractivity contribution in [2.24, 2.45) is 0 Å². The molecule has 4 aromatic heterocycles. The number of aromatic nitrogens is 4. The fourth-order valence-electron chi connectivity index (χ4n) is 2.81. The molecule has 5 rings (SSSR count). The molecule has 0 saturated heterocycles. The van der Waals surface area contributed by atoms with Gasteiger partial charge in [-0.3, -0.25) is 14.3 Å². The van der Waals surface area contributed by atoms with Crippen molar-refractivity contribution < 1.29 is 0 Å². The minimum atomic E-state index is -0.0772. The van der Waals surface area contributed by atoms with Gasteiger partial charge in [-0.25, -0.2) is 9.97 Å². The molecule has 1 fully saturated rings. The Morgan fingerprint density at radius 2 is 1.96 bits per heavy atom. The first-order valence-electron chi connectivity index (χ1n) is 7.77. The van der Waals surface area contributed by atoms with Crippen LogP contribution in [-0.4, -0.2) is 25.6 Å². The summed E-state index contributed by atoms with van der Waals surface area (Å²) in [5.41, 5.74) is 2.42. The molecule has 118 valence electrons. The molecule has 0 radical (unpaired) electrons. The fraction of sp³-hybridized carbons (Fsp3) is 0.176. The molecule has 1 aliphatic carbocycles. The third kappa shape index (κ3) is 2.09. The highest BCUT2D eigenvalue weighted by Gasteiger charge is 2.23. The lowest BCUT2D eigenvalue weighted by molar-refractivity contribution is 0.963. The number of nitrogens with zero attached hydrogens (tertiary/aromatic N) is 4. The van der Waals surface area contributed by atoms with E-state index in [0.29, 0.717) is 10.7 Å². The summed E-state index contributed by atoms with van der Waals surface area (Å²) < 4.78 is 2.18. The highest BCUT2D eigenvalue weighted by Crippen LogP contribution is 2.36. The summed E-state index contributed by atoms with van der Waals surface area (Å²) in [4.78, 5) is 26.7. The topological polar surface area (TPSA) is 72.7 Å². The lowest BCUT2D eigenvalue weighted by atomic mass is 10.2. The number of anilines is 1. The van der Waals surface area contributed by atoms with Gasteiger partial charge in [0.15, 0.2) is 0 Å². The third-order valence-corrected chi connectivity index (χ3v) is 5.24. The van der Waals surface area contributed by atoms with Crippen molar-refractivity contribution in [1.82, 2.24) is 19.5 Å². The summed E-state index contributed by atoms with van der Waals surface area (Å²) in [6.07, 6.45) is 9.07. The van der Waals surface area contributed by atoms with Crippen molar-refractivity contribution in [1.29, 1.82) is 0 Å². The molecule has 0 unspecified atom stereocenters. The van der Waals surface area contributed by atoms with E-state index < -0.39 is 0 Å². The second-order valence-corrected chi connectivity index (χ2v) is 6.86. The first-order chi connectivity index (χ1) is 11.8. The Kier molecular flexibility index (Phi) is 2.90. The minimum absolute atomic E-state index is 0.0772. The van der Waals surface area contributed by atoms with Crippen molar-refractivity contribution in [2.75, 3.05) is 5.32 Å². The van der Waals surface area contributed by atoms with Crippen molar-refractivity contribution in [3.63, 3.8) is 0 Å². The van der Waals surface area contributed by atoms with Gasteiger partial charge in [0.25, 0.3) is 5.56 Å². The summed E-state index contributed by atoms with van der Waals surface area (Å²) in [5.74, 6) is 0. The Labute approximate surface area is 140 Å². The van der Waals surface area contributed by atoms with E-state index in [-0.39, 0.29) is 5.56 Å². The molecule has 1 saturated carbocycles. The van der Waals surface area contributed by atoms with E-state index >= 15 is 0 Å². The molecule has 1 N–H and O–H groups in total. The smallest absolute Gasteiger partial charge is 0.275 e. The second kappa shape index (κ2) is 5.10. The maximum atomic E-state index is 12.9. The summed E-state index contributed by atoms with van der Waals surface area (Å²) in [6, 6.07) is 6.08. The van der Waals surface area contributed by atoms with Gasteiger partial charge in [-0.1, -0.05) is 0 Å². The predicted octanol–water partition coefficient (Wildman–Crippen LogP) is 2.96. The summed E-state index contributed by atoms with van der Waals surface area (Å²) in [5, 5.41) is 4.46. The van der Waals surface area contributed by atoms with E-state index in [1.54, 1.807) is 41.6 Å². The van der Waals surface area contributed by atoms with Crippen molar-refractivity contribution >= 4 is 37.5 Å². The van der Waals surface area contributed by atoms with Crippen LogP contribution in [0.3, 0.4) is 0 Å². The van der Waals surface area contributed by atoms with Gasteiger partial charge >= 0.3 is 0 Å². The lowest BCUT2D eigenvalue weighted by Gasteiger charge is -2.06. The average molecular weight is 335 g/mol. The van der Waals surface area contributed by atoms with Gasteiger partial charge in [-0.05, 0) is 31.0 Å². The maximum absolute atomic E-state index is 12.9. The zero-order chi connectivity index (χ0) is 16.1. The van der Waals surface area contributed by atoms with Crippen LogP contribution < -0.4 is 10.9 Å². The Balaban J connectivity index is 1.78. The maximum Gasteiger partial charge on any atom is 0.275 e. The minimum Gasteiger partial charge on any atom is -0.382 e. The molecule has 0 atom stereocenters. The standard InChI is InChI=1S/C17H13N5OS/c23-17-15-14(20-9-22(17)11-3-6-18-7-4-11)13-12(21-10-1-2-10)5-8-19-16(13)24-15/h3-10H,1-2H2,(H,19,21). The highest BCUT2D eigenvalue weighted by atomic mass is 32.1. The van der Waals surface area contributed by atoms with Crippen LogP contribution in [0, 0.1) is 0 Å². The highest BCUT2D eigenvalue weighted by molar-refractivity contribution is 7.25. The molecule has 0 aromatic carbocycles. The van der Waals surface area contributed by atoms with Crippen LogP contribution in [0.5, 0.6) is 0 Å². The Morgan fingerprint density at radius 3 is 2.75 bits per heavy atom. The normalized spacial score (nSPS) is 14.3. The number of nitrogens with one attached hydrogen (secondary N) is 1. The predicted molar refractivity (Wildman–Crippen MR) is 95.0 cm³/mol. The molecule has 0 bridgehead atoms. The first kappa shape index (κ1) is 13.6. The molecule has 6 nitrogen and oxygen atoms in total. The van der Waals surface area contributed by atoms with Crippen LogP contribution >= 0.6 is 11.3 Å². The Hall–Kier alpha value is -2.80. The summed E-state index contributed by atoms with van der Waals surface area (Å²) in [6.45, 7) is 0. The number of rotatable bonds is 3. The van der Waals surface area contributed by atoms with E-state index in [1.807, 2.05) is 6.07 Å².